The Labute approximate surface area is 135 Å². The first-order chi connectivity index (χ1) is 10.1. The van der Waals surface area contributed by atoms with Gasteiger partial charge in [-0.25, -0.2) is 8.42 Å². The summed E-state index contributed by atoms with van der Waals surface area (Å²) in [6.07, 6.45) is 4.14. The molecule has 2 aliphatic rings. The summed E-state index contributed by atoms with van der Waals surface area (Å²) in [6.45, 7) is 2.67. The molecule has 0 atom stereocenters. The van der Waals surface area contributed by atoms with Crippen molar-refractivity contribution in [3.8, 4) is 0 Å². The summed E-state index contributed by atoms with van der Waals surface area (Å²) < 4.78 is 28.4. The lowest BCUT2D eigenvalue weighted by Gasteiger charge is -2.29. The molecule has 0 radical (unpaired) electrons. The van der Waals surface area contributed by atoms with Crippen molar-refractivity contribution < 1.29 is 8.42 Å². The van der Waals surface area contributed by atoms with E-state index in [0.29, 0.717) is 17.4 Å². The number of benzene rings is 1. The van der Waals surface area contributed by atoms with Gasteiger partial charge in [0.2, 0.25) is 10.0 Å². The summed E-state index contributed by atoms with van der Waals surface area (Å²) in [5.74, 6) is 0.483. The Hall–Kier alpha value is -0.430. The molecule has 0 unspecified atom stereocenters. The van der Waals surface area contributed by atoms with Crippen molar-refractivity contribution in [2.75, 3.05) is 19.6 Å². The van der Waals surface area contributed by atoms with E-state index in [1.165, 1.54) is 0 Å². The van der Waals surface area contributed by atoms with Gasteiger partial charge in [0.1, 0.15) is 0 Å². The van der Waals surface area contributed by atoms with Crippen LogP contribution in [0.1, 0.15) is 25.7 Å². The maximum Gasteiger partial charge on any atom is 0.243 e. The van der Waals surface area contributed by atoms with Crippen LogP contribution in [0, 0.1) is 5.92 Å². The highest BCUT2D eigenvalue weighted by molar-refractivity contribution is 9.10. The van der Waals surface area contributed by atoms with Crippen molar-refractivity contribution in [1.29, 1.82) is 0 Å². The van der Waals surface area contributed by atoms with E-state index < -0.39 is 10.0 Å². The number of hydrogen-bond acceptors (Lipinski definition) is 3. The van der Waals surface area contributed by atoms with Crippen molar-refractivity contribution in [3.05, 3.63) is 28.7 Å². The summed E-state index contributed by atoms with van der Waals surface area (Å²) in [5.41, 5.74) is 0. The Kier molecular flexibility index (Phi) is 4.69. The molecule has 1 aliphatic heterocycles. The van der Waals surface area contributed by atoms with Crippen LogP contribution in [0.25, 0.3) is 0 Å². The molecule has 1 N–H and O–H groups in total. The SMILES string of the molecule is O=S(=O)(c1ccc(Br)cc1)N(CC1CCNCC1)C1CC1. The van der Waals surface area contributed by atoms with Crippen LogP contribution in [0.15, 0.2) is 33.6 Å². The Morgan fingerprint density at radius 2 is 1.71 bits per heavy atom. The summed E-state index contributed by atoms with van der Waals surface area (Å²) >= 11 is 3.35. The summed E-state index contributed by atoms with van der Waals surface area (Å²) in [4.78, 5) is 0.409. The van der Waals surface area contributed by atoms with Gasteiger partial charge in [0.25, 0.3) is 0 Å². The molecular formula is C15H21BrN2O2S. The number of piperidine rings is 1. The van der Waals surface area contributed by atoms with Gasteiger partial charge in [0, 0.05) is 17.1 Å². The molecular weight excluding hydrogens is 352 g/mol. The number of rotatable bonds is 5. The van der Waals surface area contributed by atoms with E-state index in [0.717, 1.165) is 43.2 Å². The zero-order chi connectivity index (χ0) is 14.9. The molecule has 1 aliphatic carbocycles. The van der Waals surface area contributed by atoms with E-state index in [1.807, 2.05) is 0 Å². The van der Waals surface area contributed by atoms with Crippen molar-refractivity contribution in [2.45, 2.75) is 36.6 Å². The van der Waals surface area contributed by atoms with Gasteiger partial charge in [-0.1, -0.05) is 15.9 Å². The van der Waals surface area contributed by atoms with Crippen LogP contribution in [0.2, 0.25) is 0 Å². The third-order valence-corrected chi connectivity index (χ3v) is 6.73. The Balaban J connectivity index is 1.80. The summed E-state index contributed by atoms with van der Waals surface area (Å²) in [6, 6.07) is 7.19. The van der Waals surface area contributed by atoms with Gasteiger partial charge in [-0.05, 0) is 69.0 Å². The second kappa shape index (κ2) is 6.36. The third-order valence-electron chi connectivity index (χ3n) is 4.27. The van der Waals surface area contributed by atoms with Crippen LogP contribution < -0.4 is 5.32 Å². The molecule has 1 aromatic carbocycles. The highest BCUT2D eigenvalue weighted by atomic mass is 79.9. The zero-order valence-corrected chi connectivity index (χ0v) is 14.4. The van der Waals surface area contributed by atoms with E-state index in [-0.39, 0.29) is 6.04 Å². The van der Waals surface area contributed by atoms with Gasteiger partial charge in [-0.2, -0.15) is 4.31 Å². The Morgan fingerprint density at radius 1 is 1.10 bits per heavy atom. The maximum atomic E-state index is 12.9. The van der Waals surface area contributed by atoms with Gasteiger partial charge < -0.3 is 5.32 Å². The molecule has 6 heteroatoms. The standard InChI is InChI=1S/C15H21BrN2O2S/c16-13-1-5-15(6-2-13)21(19,20)18(14-3-4-14)11-12-7-9-17-10-8-12/h1-2,5-6,12,14,17H,3-4,7-11H2. The maximum absolute atomic E-state index is 12.9. The van der Waals surface area contributed by atoms with Gasteiger partial charge in [-0.15, -0.1) is 0 Å². The average molecular weight is 373 g/mol. The fourth-order valence-electron chi connectivity index (χ4n) is 2.87. The van der Waals surface area contributed by atoms with Gasteiger partial charge in [-0.3, -0.25) is 0 Å². The van der Waals surface area contributed by atoms with Crippen molar-refractivity contribution >= 4 is 26.0 Å². The van der Waals surface area contributed by atoms with E-state index in [2.05, 4.69) is 21.2 Å². The highest BCUT2D eigenvalue weighted by Crippen LogP contribution is 2.34. The molecule has 0 bridgehead atoms. The van der Waals surface area contributed by atoms with Crippen molar-refractivity contribution in [3.63, 3.8) is 0 Å². The van der Waals surface area contributed by atoms with Gasteiger partial charge in [0.15, 0.2) is 0 Å². The topological polar surface area (TPSA) is 49.4 Å². The molecule has 1 saturated carbocycles. The molecule has 21 heavy (non-hydrogen) atoms. The number of sulfonamides is 1. The molecule has 116 valence electrons. The monoisotopic (exact) mass is 372 g/mol. The largest absolute Gasteiger partial charge is 0.317 e. The lowest BCUT2D eigenvalue weighted by Crippen LogP contribution is -2.40. The first kappa shape index (κ1) is 15.5. The highest BCUT2D eigenvalue weighted by Gasteiger charge is 2.39. The van der Waals surface area contributed by atoms with Crippen LogP contribution in [0.4, 0.5) is 0 Å². The van der Waals surface area contributed by atoms with Crippen LogP contribution in [-0.2, 0) is 10.0 Å². The number of hydrogen-bond donors (Lipinski definition) is 1. The second-order valence-corrected chi connectivity index (χ2v) is 8.76. The molecule has 1 aromatic rings. The van der Waals surface area contributed by atoms with E-state index in [9.17, 15) is 8.42 Å². The van der Waals surface area contributed by atoms with Crippen LogP contribution in [0.3, 0.4) is 0 Å². The average Bonchev–Trinajstić information content (AvgIpc) is 3.31. The Morgan fingerprint density at radius 3 is 2.29 bits per heavy atom. The minimum atomic E-state index is -3.36. The Bertz CT molecular complexity index is 578. The minimum absolute atomic E-state index is 0.216. The lowest BCUT2D eigenvalue weighted by molar-refractivity contribution is 0.283. The third kappa shape index (κ3) is 3.67. The fraction of sp³-hybridized carbons (Fsp3) is 0.600. The van der Waals surface area contributed by atoms with E-state index >= 15 is 0 Å². The van der Waals surface area contributed by atoms with Crippen LogP contribution >= 0.6 is 15.9 Å². The van der Waals surface area contributed by atoms with Crippen molar-refractivity contribution in [1.82, 2.24) is 9.62 Å². The lowest BCUT2D eigenvalue weighted by atomic mass is 9.98. The van der Waals surface area contributed by atoms with Gasteiger partial charge >= 0.3 is 0 Å². The smallest absolute Gasteiger partial charge is 0.243 e. The zero-order valence-electron chi connectivity index (χ0n) is 12.0. The predicted octanol–water partition coefficient (Wildman–Crippen LogP) is 2.60. The molecule has 0 spiro atoms. The second-order valence-electron chi connectivity index (χ2n) is 5.95. The molecule has 4 nitrogen and oxygen atoms in total. The molecule has 2 fully saturated rings. The van der Waals surface area contributed by atoms with Gasteiger partial charge in [0.05, 0.1) is 4.90 Å². The molecule has 1 heterocycles. The predicted molar refractivity (Wildman–Crippen MR) is 86.6 cm³/mol. The van der Waals surface area contributed by atoms with Crippen LogP contribution in [0.5, 0.6) is 0 Å². The molecule has 3 rings (SSSR count). The van der Waals surface area contributed by atoms with E-state index in [1.54, 1.807) is 28.6 Å². The number of nitrogens with zero attached hydrogens (tertiary/aromatic N) is 1. The number of nitrogens with one attached hydrogen (secondary N) is 1. The minimum Gasteiger partial charge on any atom is -0.317 e. The molecule has 0 aromatic heterocycles. The quantitative estimate of drug-likeness (QED) is 0.863. The first-order valence-electron chi connectivity index (χ1n) is 7.55. The van der Waals surface area contributed by atoms with Crippen molar-refractivity contribution in [2.24, 2.45) is 5.92 Å². The first-order valence-corrected chi connectivity index (χ1v) is 9.79. The van der Waals surface area contributed by atoms with E-state index in [4.69, 9.17) is 0 Å². The normalized spacial score (nSPS) is 20.9. The molecule has 1 saturated heterocycles. The van der Waals surface area contributed by atoms with Crippen LogP contribution in [-0.4, -0.2) is 38.4 Å². The molecule has 0 amide bonds. The summed E-state index contributed by atoms with van der Waals surface area (Å²) in [7, 11) is -3.36. The summed E-state index contributed by atoms with van der Waals surface area (Å²) in [5, 5.41) is 3.34. The number of halogens is 1. The fourth-order valence-corrected chi connectivity index (χ4v) is 4.89.